The average Bonchev–Trinajstić information content (AvgIpc) is 3.65. The zero-order valence-corrected chi connectivity index (χ0v) is 19.5. The number of hydrogen-bond donors (Lipinski definition) is 1. The lowest BCUT2D eigenvalue weighted by molar-refractivity contribution is -0.138. The van der Waals surface area contributed by atoms with Crippen LogP contribution < -0.4 is 15.4 Å². The Hall–Kier alpha value is -3.46. The third-order valence-electron chi connectivity index (χ3n) is 6.82. The fraction of sp³-hybridized carbons (Fsp3) is 0.296. The number of aryl methyl sites for hydroxylation is 1. The molecule has 3 aromatic carbocycles. The first-order valence-electron chi connectivity index (χ1n) is 11.5. The maximum absolute atomic E-state index is 14.2. The number of nitrogens with two attached hydrogens (primary N) is 1. The monoisotopic (exact) mass is 502 g/mol. The predicted molar refractivity (Wildman–Crippen MR) is 124 cm³/mol. The highest BCUT2D eigenvalue weighted by Crippen LogP contribution is 2.49. The number of carbonyl (C=O) groups is 1. The quantitative estimate of drug-likeness (QED) is 0.391. The molecule has 0 aromatic heterocycles. The van der Waals surface area contributed by atoms with Gasteiger partial charge in [-0.1, -0.05) is 0 Å². The van der Waals surface area contributed by atoms with Crippen LogP contribution in [-0.2, 0) is 6.18 Å². The highest BCUT2D eigenvalue weighted by Gasteiger charge is 2.42. The number of ether oxygens (including phenoxy) is 1. The molecular formula is C27H23F5N2O2. The summed E-state index contributed by atoms with van der Waals surface area (Å²) in [7, 11) is 0. The van der Waals surface area contributed by atoms with Gasteiger partial charge in [0, 0.05) is 11.3 Å². The first-order valence-corrected chi connectivity index (χ1v) is 11.5. The zero-order valence-electron chi connectivity index (χ0n) is 19.5. The maximum Gasteiger partial charge on any atom is 0.416 e. The molecule has 1 aliphatic carbocycles. The molecule has 2 bridgehead atoms. The van der Waals surface area contributed by atoms with E-state index in [9.17, 15) is 26.7 Å². The van der Waals surface area contributed by atoms with E-state index in [2.05, 4.69) is 0 Å². The Morgan fingerprint density at radius 1 is 1.00 bits per heavy atom. The normalized spacial score (nSPS) is 19.4. The highest BCUT2D eigenvalue weighted by molar-refractivity contribution is 6.09. The molecule has 5 rings (SSSR count). The van der Waals surface area contributed by atoms with Gasteiger partial charge in [-0.15, -0.1) is 0 Å². The molecule has 9 heteroatoms. The summed E-state index contributed by atoms with van der Waals surface area (Å²) in [6, 6.07) is 8.21. The predicted octanol–water partition coefficient (Wildman–Crippen LogP) is 7.01. The number of hydrogen-bond acceptors (Lipinski definition) is 3. The zero-order chi connectivity index (χ0) is 25.9. The minimum Gasteiger partial charge on any atom is -0.456 e. The second-order valence-electron chi connectivity index (χ2n) is 9.37. The first-order chi connectivity index (χ1) is 17.0. The van der Waals surface area contributed by atoms with Crippen LogP contribution in [0.25, 0.3) is 0 Å². The Balaban J connectivity index is 1.67. The third kappa shape index (κ3) is 4.21. The molecule has 2 N–H and O–H groups in total. The van der Waals surface area contributed by atoms with Crippen LogP contribution in [-0.4, -0.2) is 11.9 Å². The number of nitrogens with zero attached hydrogens (tertiary/aromatic N) is 1. The Kier molecular flexibility index (Phi) is 5.78. The molecule has 1 amide bonds. The SMILES string of the molecule is Cc1cc(F)ccc1Oc1cc(C2CC2)c(C(F)(F)F)cc1C(=O)N1c2ccc(F)c(c2)C(N)C1C. The van der Waals surface area contributed by atoms with Gasteiger partial charge in [0.2, 0.25) is 0 Å². The number of carbonyl (C=O) groups excluding carboxylic acids is 1. The van der Waals surface area contributed by atoms with E-state index in [1.54, 1.807) is 13.8 Å². The van der Waals surface area contributed by atoms with Crippen LogP contribution in [0.1, 0.15) is 64.3 Å². The molecule has 188 valence electrons. The third-order valence-corrected chi connectivity index (χ3v) is 6.82. The van der Waals surface area contributed by atoms with Gasteiger partial charge in [0.25, 0.3) is 5.91 Å². The standard InChI is InChI=1S/C27H23F5N2O2/c1-13-9-16(28)5-8-23(13)36-24-12-18(15-3-4-15)21(27(30,31)32)11-20(24)26(35)34-14(2)25(33)19-10-17(34)6-7-22(19)29/h5-12,14-15,25H,3-4,33H2,1-2H3. The molecule has 3 aromatic rings. The summed E-state index contributed by atoms with van der Waals surface area (Å²) in [6.45, 7) is 3.20. The van der Waals surface area contributed by atoms with E-state index in [0.29, 0.717) is 24.1 Å². The van der Waals surface area contributed by atoms with Gasteiger partial charge >= 0.3 is 6.18 Å². The lowest BCUT2D eigenvalue weighted by atomic mass is 9.92. The van der Waals surface area contributed by atoms with Crippen molar-refractivity contribution in [2.45, 2.75) is 50.9 Å². The van der Waals surface area contributed by atoms with Crippen molar-refractivity contribution >= 4 is 11.6 Å². The maximum atomic E-state index is 14.2. The number of amides is 1. The van der Waals surface area contributed by atoms with E-state index in [0.717, 1.165) is 6.07 Å². The number of halogens is 5. The van der Waals surface area contributed by atoms with Gasteiger partial charge in [0.05, 0.1) is 23.2 Å². The lowest BCUT2D eigenvalue weighted by Gasteiger charge is -2.38. The van der Waals surface area contributed by atoms with Crippen molar-refractivity contribution in [3.05, 3.63) is 88.0 Å². The Bertz CT molecular complexity index is 1370. The number of fused-ring (bicyclic) bond motifs is 2. The second-order valence-corrected chi connectivity index (χ2v) is 9.37. The van der Waals surface area contributed by atoms with Crippen molar-refractivity contribution in [3.8, 4) is 11.5 Å². The summed E-state index contributed by atoms with van der Waals surface area (Å²) >= 11 is 0. The van der Waals surface area contributed by atoms with Gasteiger partial charge < -0.3 is 15.4 Å². The molecular weight excluding hydrogens is 479 g/mol. The van der Waals surface area contributed by atoms with Gasteiger partial charge in [0.1, 0.15) is 23.1 Å². The molecule has 4 nitrogen and oxygen atoms in total. The largest absolute Gasteiger partial charge is 0.456 e. The fourth-order valence-electron chi connectivity index (χ4n) is 4.69. The summed E-state index contributed by atoms with van der Waals surface area (Å²) in [6.07, 6.45) is -3.49. The number of anilines is 1. The summed E-state index contributed by atoms with van der Waals surface area (Å²) < 4.78 is 76.0. The van der Waals surface area contributed by atoms with Crippen molar-refractivity contribution in [1.29, 1.82) is 0 Å². The summed E-state index contributed by atoms with van der Waals surface area (Å²) in [4.78, 5) is 15.1. The van der Waals surface area contributed by atoms with Crippen LogP contribution in [0.3, 0.4) is 0 Å². The van der Waals surface area contributed by atoms with Crippen LogP contribution in [0.2, 0.25) is 0 Å². The number of benzene rings is 3. The van der Waals surface area contributed by atoms with Gasteiger partial charge in [-0.3, -0.25) is 4.79 Å². The second kappa shape index (κ2) is 8.58. The minimum absolute atomic E-state index is 0.0567. The molecule has 1 saturated carbocycles. The smallest absolute Gasteiger partial charge is 0.416 e. The van der Waals surface area contributed by atoms with Crippen molar-refractivity contribution in [1.82, 2.24) is 0 Å². The Morgan fingerprint density at radius 2 is 1.72 bits per heavy atom. The molecule has 36 heavy (non-hydrogen) atoms. The molecule has 0 saturated heterocycles. The minimum atomic E-state index is -4.69. The Labute approximate surface area is 204 Å². The topological polar surface area (TPSA) is 55.6 Å². The van der Waals surface area contributed by atoms with Gasteiger partial charge in [0.15, 0.2) is 0 Å². The van der Waals surface area contributed by atoms with E-state index in [1.807, 2.05) is 0 Å². The first kappa shape index (κ1) is 24.2. The Morgan fingerprint density at radius 3 is 2.36 bits per heavy atom. The van der Waals surface area contributed by atoms with Crippen LogP contribution in [0, 0.1) is 18.6 Å². The van der Waals surface area contributed by atoms with E-state index >= 15 is 0 Å². The highest BCUT2D eigenvalue weighted by atomic mass is 19.4. The van der Waals surface area contributed by atoms with E-state index in [1.165, 1.54) is 47.4 Å². The van der Waals surface area contributed by atoms with Crippen molar-refractivity contribution in [2.24, 2.45) is 5.73 Å². The molecule has 1 aliphatic heterocycles. The lowest BCUT2D eigenvalue weighted by Crippen LogP contribution is -2.47. The molecule has 1 heterocycles. The summed E-state index contributed by atoms with van der Waals surface area (Å²) in [5, 5.41) is 0. The fourth-order valence-corrected chi connectivity index (χ4v) is 4.69. The summed E-state index contributed by atoms with van der Waals surface area (Å²) in [5.74, 6) is -1.93. The summed E-state index contributed by atoms with van der Waals surface area (Å²) in [5.41, 5.74) is 5.97. The van der Waals surface area contributed by atoms with Gasteiger partial charge in [-0.2, -0.15) is 13.2 Å². The average molecular weight is 502 g/mol. The van der Waals surface area contributed by atoms with Crippen LogP contribution in [0.5, 0.6) is 11.5 Å². The van der Waals surface area contributed by atoms with Crippen LogP contribution in [0.15, 0.2) is 48.5 Å². The van der Waals surface area contributed by atoms with E-state index in [4.69, 9.17) is 10.5 Å². The number of rotatable bonds is 4. The molecule has 2 atom stereocenters. The van der Waals surface area contributed by atoms with Gasteiger partial charge in [-0.05, 0) is 92.3 Å². The number of alkyl halides is 3. The molecule has 0 radical (unpaired) electrons. The van der Waals surface area contributed by atoms with E-state index < -0.39 is 41.4 Å². The van der Waals surface area contributed by atoms with Crippen molar-refractivity contribution < 1.29 is 31.5 Å². The van der Waals surface area contributed by atoms with Gasteiger partial charge in [-0.25, -0.2) is 8.78 Å². The molecule has 1 fully saturated rings. The van der Waals surface area contributed by atoms with Crippen molar-refractivity contribution in [2.75, 3.05) is 4.90 Å². The van der Waals surface area contributed by atoms with Crippen LogP contribution >= 0.6 is 0 Å². The van der Waals surface area contributed by atoms with Crippen LogP contribution in [0.4, 0.5) is 27.6 Å². The molecule has 2 unspecified atom stereocenters. The molecule has 2 aliphatic rings. The van der Waals surface area contributed by atoms with E-state index in [-0.39, 0.29) is 34.1 Å². The molecule has 0 spiro atoms. The van der Waals surface area contributed by atoms with Crippen molar-refractivity contribution in [3.63, 3.8) is 0 Å².